The first-order valence-corrected chi connectivity index (χ1v) is 8.51. The predicted molar refractivity (Wildman–Crippen MR) is 59.1 cm³/mol. The predicted octanol–water partition coefficient (Wildman–Crippen LogP) is 1.61. The molecule has 1 aliphatic rings. The second kappa shape index (κ2) is 3.16. The fraction of sp³-hybridized carbons (Fsp3) is 1.00. The molecule has 0 aromatic carbocycles. The average Bonchev–Trinajstić information content (AvgIpc) is 2.08. The van der Waals surface area contributed by atoms with Crippen molar-refractivity contribution in [2.75, 3.05) is 0 Å². The van der Waals surface area contributed by atoms with E-state index in [0.717, 1.165) is 0 Å². The maximum absolute atomic E-state index is 3.50. The largest absolute Gasteiger partial charge is 0.303 e. The van der Waals surface area contributed by atoms with Gasteiger partial charge < -0.3 is 4.59 Å². The van der Waals surface area contributed by atoms with Crippen LogP contribution < -0.4 is 5.34 Å². The number of rotatable bonds is 1. The van der Waals surface area contributed by atoms with Crippen molar-refractivity contribution in [2.24, 2.45) is 0 Å². The van der Waals surface area contributed by atoms with Crippen molar-refractivity contribution >= 4 is 32.0 Å². The standard InChI is InChI=1S/C5H16B2N2SSi/c1-6-8-9(7(2)10-6)11(3,4)5/h8H,1-5H3. The lowest BCUT2D eigenvalue weighted by molar-refractivity contribution is 0.612. The molecule has 0 aliphatic carbocycles. The van der Waals surface area contributed by atoms with Crippen LogP contribution in [-0.2, 0) is 0 Å². The third-order valence-electron chi connectivity index (χ3n) is 1.81. The molecule has 0 atom stereocenters. The fourth-order valence-electron chi connectivity index (χ4n) is 1.43. The number of nitrogens with zero attached hydrogens (tertiary/aromatic N) is 1. The van der Waals surface area contributed by atoms with E-state index in [9.17, 15) is 0 Å². The summed E-state index contributed by atoms with van der Waals surface area (Å²) in [5.41, 5.74) is 0. The van der Waals surface area contributed by atoms with E-state index in [4.69, 9.17) is 0 Å². The zero-order valence-corrected chi connectivity index (χ0v) is 9.83. The Kier molecular flexibility index (Phi) is 2.79. The first-order valence-electron chi connectivity index (χ1n) is 4.12. The molecule has 1 aliphatic heterocycles. The Labute approximate surface area is 75.5 Å². The van der Waals surface area contributed by atoms with Gasteiger partial charge in [-0.15, -0.1) is 0 Å². The minimum absolute atomic E-state index is 0.594. The van der Waals surface area contributed by atoms with Gasteiger partial charge in [0.2, 0.25) is 0 Å². The summed E-state index contributed by atoms with van der Waals surface area (Å²) in [5.74, 6) is 0. The van der Waals surface area contributed by atoms with E-state index >= 15 is 0 Å². The molecule has 11 heavy (non-hydrogen) atoms. The van der Waals surface area contributed by atoms with Crippen molar-refractivity contribution in [3.05, 3.63) is 0 Å². The quantitative estimate of drug-likeness (QED) is 0.626. The van der Waals surface area contributed by atoms with Gasteiger partial charge in [-0.1, -0.05) is 33.3 Å². The molecule has 1 fully saturated rings. The van der Waals surface area contributed by atoms with Crippen LogP contribution in [0.4, 0.5) is 0 Å². The second-order valence-corrected chi connectivity index (χ2v) is 10.5. The van der Waals surface area contributed by atoms with Gasteiger partial charge in [0.05, 0.1) is 0 Å². The van der Waals surface area contributed by atoms with Crippen molar-refractivity contribution in [2.45, 2.75) is 33.3 Å². The van der Waals surface area contributed by atoms with E-state index in [2.05, 4.69) is 43.2 Å². The Hall–Kier alpha value is 0.617. The van der Waals surface area contributed by atoms with E-state index in [1.165, 1.54) is 0 Å². The Bertz CT molecular complexity index is 152. The molecule has 1 rings (SSSR count). The van der Waals surface area contributed by atoms with Crippen LogP contribution in [0, 0.1) is 0 Å². The van der Waals surface area contributed by atoms with Crippen molar-refractivity contribution in [1.29, 1.82) is 0 Å². The summed E-state index contributed by atoms with van der Waals surface area (Å²) >= 11 is 2.00. The lowest BCUT2D eigenvalue weighted by atomic mass is 9.98. The van der Waals surface area contributed by atoms with Crippen LogP contribution in [0.15, 0.2) is 0 Å². The molecular weight excluding hydrogens is 170 g/mol. The van der Waals surface area contributed by atoms with E-state index in [1.807, 2.05) is 11.5 Å². The summed E-state index contributed by atoms with van der Waals surface area (Å²) in [5, 5.41) is 3.50. The van der Waals surface area contributed by atoms with Gasteiger partial charge in [-0.25, -0.2) is 11.5 Å². The number of hydrogen-bond acceptors (Lipinski definition) is 3. The number of hydrazine groups is 1. The van der Waals surface area contributed by atoms with Crippen LogP contribution in [0.2, 0.25) is 33.3 Å². The maximum atomic E-state index is 3.50. The molecule has 0 amide bonds. The van der Waals surface area contributed by atoms with Crippen molar-refractivity contribution in [3.8, 4) is 0 Å². The lowest BCUT2D eigenvalue weighted by Gasteiger charge is -2.32. The molecule has 0 unspecified atom stereocenters. The van der Waals surface area contributed by atoms with Gasteiger partial charge in [0, 0.05) is 0 Å². The Morgan fingerprint density at radius 2 is 1.82 bits per heavy atom. The van der Waals surface area contributed by atoms with Crippen LogP contribution in [0.3, 0.4) is 0 Å². The molecule has 1 N–H and O–H groups in total. The van der Waals surface area contributed by atoms with E-state index < -0.39 is 8.24 Å². The summed E-state index contributed by atoms with van der Waals surface area (Å²) in [6.07, 6.45) is 1.24. The highest BCUT2D eigenvalue weighted by Gasteiger charge is 2.38. The molecule has 0 saturated carbocycles. The summed E-state index contributed by atoms with van der Waals surface area (Å²) in [6.45, 7) is 11.6. The molecule has 2 nitrogen and oxygen atoms in total. The van der Waals surface area contributed by atoms with Gasteiger partial charge in [0.25, 0.3) is 12.3 Å². The molecule has 62 valence electrons. The Morgan fingerprint density at radius 3 is 2.00 bits per heavy atom. The molecule has 1 saturated heterocycles. The van der Waals surface area contributed by atoms with Gasteiger partial charge in [0.15, 0.2) is 0 Å². The number of hydrogen-bond donors (Lipinski definition) is 1. The lowest BCUT2D eigenvalue weighted by Crippen LogP contribution is -2.56. The fourth-order valence-corrected chi connectivity index (χ4v) is 5.27. The highest BCUT2D eigenvalue weighted by atomic mass is 32.2. The second-order valence-electron chi connectivity index (χ2n) is 4.05. The maximum Gasteiger partial charge on any atom is 0.288 e. The molecule has 6 heteroatoms. The summed E-state index contributed by atoms with van der Waals surface area (Å²) in [7, 11) is -1.13. The van der Waals surface area contributed by atoms with Gasteiger partial charge in [-0.2, -0.15) is 0 Å². The molecule has 0 aromatic heterocycles. The van der Waals surface area contributed by atoms with Crippen LogP contribution in [-0.4, -0.2) is 25.1 Å². The van der Waals surface area contributed by atoms with Crippen LogP contribution in [0.5, 0.6) is 0 Å². The average molecular weight is 186 g/mol. The molecule has 0 radical (unpaired) electrons. The van der Waals surface area contributed by atoms with Crippen LogP contribution >= 0.6 is 11.5 Å². The van der Waals surface area contributed by atoms with Crippen LogP contribution in [0.1, 0.15) is 0 Å². The van der Waals surface area contributed by atoms with Gasteiger partial charge in [-0.3, -0.25) is 5.34 Å². The molecular formula is C5H16B2N2SSi. The van der Waals surface area contributed by atoms with Crippen LogP contribution in [0.25, 0.3) is 0 Å². The summed E-state index contributed by atoms with van der Waals surface area (Å²) in [6, 6.07) is 0. The topological polar surface area (TPSA) is 15.3 Å². The third kappa shape index (κ3) is 2.27. The van der Waals surface area contributed by atoms with Gasteiger partial charge in [0.1, 0.15) is 8.24 Å². The smallest absolute Gasteiger partial charge is 0.288 e. The third-order valence-corrected chi connectivity index (χ3v) is 5.08. The first-order chi connectivity index (χ1) is 4.91. The summed E-state index contributed by atoms with van der Waals surface area (Å²) in [4.78, 5) is 0. The SMILES string of the molecule is CB1NN([Si](C)(C)C)B(C)S1. The molecule has 0 bridgehead atoms. The Balaban J connectivity index is 2.60. The van der Waals surface area contributed by atoms with Crippen molar-refractivity contribution in [3.63, 3.8) is 0 Å². The Morgan fingerprint density at radius 1 is 1.27 bits per heavy atom. The summed E-state index contributed by atoms with van der Waals surface area (Å²) < 4.78 is 2.46. The highest BCUT2D eigenvalue weighted by Crippen LogP contribution is 2.24. The minimum atomic E-state index is -1.13. The molecule has 0 spiro atoms. The first kappa shape index (κ1) is 9.70. The van der Waals surface area contributed by atoms with Gasteiger partial charge in [-0.05, 0) is 0 Å². The number of nitrogens with one attached hydrogen (secondary N) is 1. The van der Waals surface area contributed by atoms with Crippen molar-refractivity contribution in [1.82, 2.24) is 9.92 Å². The zero-order chi connectivity index (χ0) is 8.65. The monoisotopic (exact) mass is 186 g/mol. The van der Waals surface area contributed by atoms with Gasteiger partial charge >= 0.3 is 0 Å². The minimum Gasteiger partial charge on any atom is -0.303 e. The van der Waals surface area contributed by atoms with E-state index in [1.54, 1.807) is 0 Å². The van der Waals surface area contributed by atoms with Crippen molar-refractivity contribution < 1.29 is 0 Å². The zero-order valence-electron chi connectivity index (χ0n) is 8.01. The van der Waals surface area contributed by atoms with E-state index in [-0.39, 0.29) is 0 Å². The van der Waals surface area contributed by atoms with E-state index in [0.29, 0.717) is 12.3 Å². The highest BCUT2D eigenvalue weighted by molar-refractivity contribution is 8.45. The normalized spacial score (nSPS) is 21.5. The molecule has 1 heterocycles. The molecule has 0 aromatic rings.